The molecule has 6 heteroatoms. The first-order valence-electron chi connectivity index (χ1n) is 8.55. The van der Waals surface area contributed by atoms with Gasteiger partial charge < -0.3 is 20.5 Å². The van der Waals surface area contributed by atoms with Crippen LogP contribution in [0.5, 0.6) is 5.75 Å². The molecule has 2 aliphatic rings. The van der Waals surface area contributed by atoms with Crippen LogP contribution in [-0.4, -0.2) is 31.3 Å². The van der Waals surface area contributed by atoms with Crippen LogP contribution in [0.25, 0.3) is 0 Å². The van der Waals surface area contributed by atoms with Gasteiger partial charge in [0, 0.05) is 18.5 Å². The summed E-state index contributed by atoms with van der Waals surface area (Å²) in [7, 11) is 0. The van der Waals surface area contributed by atoms with Gasteiger partial charge in [-0.05, 0) is 38.7 Å². The quantitative estimate of drug-likeness (QED) is 0.426. The standard InChI is InChI=1S/C18H27N3O2.HI/c1-12-9-14(10-13(2)23-12)11-20-18(19)21-16-7-8-22-17-6-4-3-5-15(16)17;/h3-6,12-14,16H,7-11H2,1-2H3,(H3,19,20,21);1H. The van der Waals surface area contributed by atoms with E-state index in [9.17, 15) is 0 Å². The zero-order valence-electron chi connectivity index (χ0n) is 14.4. The second-order valence-corrected chi connectivity index (χ2v) is 6.69. The van der Waals surface area contributed by atoms with Gasteiger partial charge in [-0.2, -0.15) is 0 Å². The number of aliphatic imine (C=N–C) groups is 1. The lowest BCUT2D eigenvalue weighted by molar-refractivity contribution is -0.0501. The number of hydrogen-bond acceptors (Lipinski definition) is 3. The molecular formula is C18H28IN3O2. The summed E-state index contributed by atoms with van der Waals surface area (Å²) in [5.74, 6) is 2.02. The van der Waals surface area contributed by atoms with Gasteiger partial charge in [0.1, 0.15) is 5.75 Å². The van der Waals surface area contributed by atoms with Gasteiger partial charge in [-0.15, -0.1) is 24.0 Å². The number of guanidine groups is 1. The number of para-hydroxylation sites is 1. The van der Waals surface area contributed by atoms with Crippen LogP contribution in [0.2, 0.25) is 0 Å². The van der Waals surface area contributed by atoms with Gasteiger partial charge in [0.05, 0.1) is 24.9 Å². The molecule has 2 aliphatic heterocycles. The molecule has 24 heavy (non-hydrogen) atoms. The predicted molar refractivity (Wildman–Crippen MR) is 107 cm³/mol. The third-order valence-electron chi connectivity index (χ3n) is 4.60. The summed E-state index contributed by atoms with van der Waals surface area (Å²) in [4.78, 5) is 4.57. The van der Waals surface area contributed by atoms with E-state index in [2.05, 4.69) is 30.2 Å². The predicted octanol–water partition coefficient (Wildman–Crippen LogP) is 3.24. The highest BCUT2D eigenvalue weighted by atomic mass is 127. The zero-order valence-corrected chi connectivity index (χ0v) is 16.7. The van der Waals surface area contributed by atoms with Crippen molar-refractivity contribution < 1.29 is 9.47 Å². The Morgan fingerprint density at radius 1 is 1.25 bits per heavy atom. The van der Waals surface area contributed by atoms with Crippen LogP contribution < -0.4 is 15.8 Å². The lowest BCUT2D eigenvalue weighted by atomic mass is 9.93. The summed E-state index contributed by atoms with van der Waals surface area (Å²) in [5.41, 5.74) is 7.27. The molecule has 3 rings (SSSR count). The van der Waals surface area contributed by atoms with Crippen LogP contribution >= 0.6 is 24.0 Å². The second-order valence-electron chi connectivity index (χ2n) is 6.69. The Kier molecular flexibility index (Phi) is 7.16. The van der Waals surface area contributed by atoms with E-state index in [1.807, 2.05) is 18.2 Å². The van der Waals surface area contributed by atoms with Crippen LogP contribution in [0, 0.1) is 5.92 Å². The van der Waals surface area contributed by atoms with E-state index in [4.69, 9.17) is 15.2 Å². The van der Waals surface area contributed by atoms with Gasteiger partial charge >= 0.3 is 0 Å². The van der Waals surface area contributed by atoms with Crippen LogP contribution in [0.3, 0.4) is 0 Å². The van der Waals surface area contributed by atoms with E-state index in [1.54, 1.807) is 0 Å². The van der Waals surface area contributed by atoms with Crippen molar-refractivity contribution in [2.24, 2.45) is 16.6 Å². The monoisotopic (exact) mass is 445 g/mol. The Morgan fingerprint density at radius 3 is 2.71 bits per heavy atom. The minimum absolute atomic E-state index is 0. The molecule has 3 unspecified atom stereocenters. The van der Waals surface area contributed by atoms with Gasteiger partial charge in [-0.25, -0.2) is 0 Å². The molecule has 3 atom stereocenters. The topological polar surface area (TPSA) is 68.9 Å². The van der Waals surface area contributed by atoms with Crippen LogP contribution in [-0.2, 0) is 4.74 Å². The van der Waals surface area contributed by atoms with Crippen molar-refractivity contribution in [1.29, 1.82) is 0 Å². The first-order chi connectivity index (χ1) is 11.1. The minimum atomic E-state index is 0. The summed E-state index contributed by atoms with van der Waals surface area (Å²) in [6.07, 6.45) is 3.65. The fraction of sp³-hybridized carbons (Fsp3) is 0.611. The average Bonchev–Trinajstić information content (AvgIpc) is 2.52. The summed E-state index contributed by atoms with van der Waals surface area (Å²) in [6, 6.07) is 8.28. The number of rotatable bonds is 3. The molecule has 0 amide bonds. The molecule has 1 aromatic rings. The molecule has 0 bridgehead atoms. The SMILES string of the molecule is CC1CC(CN=C(N)NC2CCOc3ccccc32)CC(C)O1.I. The molecule has 0 aliphatic carbocycles. The Hall–Kier alpha value is -1.02. The van der Waals surface area contributed by atoms with Gasteiger partial charge in [0.25, 0.3) is 0 Å². The molecule has 3 N–H and O–H groups in total. The highest BCUT2D eigenvalue weighted by Gasteiger charge is 2.25. The fourth-order valence-corrected chi connectivity index (χ4v) is 3.64. The summed E-state index contributed by atoms with van der Waals surface area (Å²) in [5, 5.41) is 3.35. The molecule has 0 radical (unpaired) electrons. The highest BCUT2D eigenvalue weighted by molar-refractivity contribution is 14.0. The summed E-state index contributed by atoms with van der Waals surface area (Å²) < 4.78 is 11.5. The molecular weight excluding hydrogens is 417 g/mol. The average molecular weight is 445 g/mol. The normalized spacial score (nSPS) is 29.8. The van der Waals surface area contributed by atoms with Crippen molar-refractivity contribution in [3.63, 3.8) is 0 Å². The number of benzene rings is 1. The van der Waals surface area contributed by atoms with Crippen LogP contribution in [0.1, 0.15) is 44.7 Å². The van der Waals surface area contributed by atoms with Crippen molar-refractivity contribution in [3.8, 4) is 5.75 Å². The maximum atomic E-state index is 6.11. The van der Waals surface area contributed by atoms with Gasteiger partial charge in [-0.1, -0.05) is 18.2 Å². The van der Waals surface area contributed by atoms with E-state index in [0.29, 0.717) is 30.7 Å². The lowest BCUT2D eigenvalue weighted by Crippen LogP contribution is -2.38. The molecule has 1 saturated heterocycles. The van der Waals surface area contributed by atoms with Crippen molar-refractivity contribution in [2.75, 3.05) is 13.2 Å². The van der Waals surface area contributed by atoms with E-state index in [0.717, 1.165) is 37.1 Å². The molecule has 134 valence electrons. The van der Waals surface area contributed by atoms with E-state index in [-0.39, 0.29) is 30.0 Å². The summed E-state index contributed by atoms with van der Waals surface area (Å²) >= 11 is 0. The van der Waals surface area contributed by atoms with Crippen molar-refractivity contribution in [3.05, 3.63) is 29.8 Å². The molecule has 0 spiro atoms. The minimum Gasteiger partial charge on any atom is -0.493 e. The van der Waals surface area contributed by atoms with Crippen molar-refractivity contribution in [1.82, 2.24) is 5.32 Å². The van der Waals surface area contributed by atoms with Gasteiger partial charge in [0.15, 0.2) is 5.96 Å². The summed E-state index contributed by atoms with van der Waals surface area (Å²) in [6.45, 7) is 5.73. The van der Waals surface area contributed by atoms with Crippen LogP contribution in [0.4, 0.5) is 0 Å². The molecule has 0 aromatic heterocycles. The van der Waals surface area contributed by atoms with Gasteiger partial charge in [-0.3, -0.25) is 4.99 Å². The number of halogens is 1. The number of fused-ring (bicyclic) bond motifs is 1. The smallest absolute Gasteiger partial charge is 0.189 e. The number of nitrogens with one attached hydrogen (secondary N) is 1. The number of ether oxygens (including phenoxy) is 2. The zero-order chi connectivity index (χ0) is 16.2. The van der Waals surface area contributed by atoms with E-state index < -0.39 is 0 Å². The number of nitrogens with two attached hydrogens (primary N) is 1. The third kappa shape index (κ3) is 4.99. The largest absolute Gasteiger partial charge is 0.493 e. The Balaban J connectivity index is 0.00000208. The Bertz CT molecular complexity index is 557. The number of hydrogen-bond donors (Lipinski definition) is 2. The first kappa shape index (κ1) is 19.3. The molecule has 1 fully saturated rings. The maximum Gasteiger partial charge on any atom is 0.189 e. The van der Waals surface area contributed by atoms with E-state index in [1.165, 1.54) is 0 Å². The van der Waals surface area contributed by atoms with Crippen molar-refractivity contribution >= 4 is 29.9 Å². The van der Waals surface area contributed by atoms with E-state index >= 15 is 0 Å². The van der Waals surface area contributed by atoms with Gasteiger partial charge in [0.2, 0.25) is 0 Å². The third-order valence-corrected chi connectivity index (χ3v) is 4.60. The molecule has 0 saturated carbocycles. The van der Waals surface area contributed by atoms with Crippen LogP contribution in [0.15, 0.2) is 29.3 Å². The molecule has 1 aromatic carbocycles. The highest BCUT2D eigenvalue weighted by Crippen LogP contribution is 2.31. The van der Waals surface area contributed by atoms with Crippen molar-refractivity contribution in [2.45, 2.75) is 51.4 Å². The Morgan fingerprint density at radius 2 is 1.96 bits per heavy atom. The lowest BCUT2D eigenvalue weighted by Gasteiger charge is -2.31. The first-order valence-corrected chi connectivity index (χ1v) is 8.55. The maximum absolute atomic E-state index is 6.11. The molecule has 5 nitrogen and oxygen atoms in total. The fourth-order valence-electron chi connectivity index (χ4n) is 3.64. The Labute approximate surface area is 161 Å². The second kappa shape index (κ2) is 8.89. The number of nitrogens with zero attached hydrogens (tertiary/aromatic N) is 1. The molecule has 2 heterocycles.